The van der Waals surface area contributed by atoms with Gasteiger partial charge in [-0.05, 0) is 37.0 Å². The third-order valence-electron chi connectivity index (χ3n) is 3.66. The van der Waals surface area contributed by atoms with Crippen LogP contribution >= 0.6 is 0 Å². The van der Waals surface area contributed by atoms with Crippen LogP contribution < -0.4 is 5.32 Å². The van der Waals surface area contributed by atoms with Crippen molar-refractivity contribution < 1.29 is 19.1 Å². The number of hydrogen-bond acceptors (Lipinski definition) is 4. The lowest BCUT2D eigenvalue weighted by Gasteiger charge is -2.28. The molecule has 21 heavy (non-hydrogen) atoms. The van der Waals surface area contributed by atoms with Crippen molar-refractivity contribution in [2.75, 3.05) is 7.11 Å². The Bertz CT molecular complexity index is 386. The van der Waals surface area contributed by atoms with Gasteiger partial charge in [-0.15, -0.1) is 6.58 Å². The molecule has 0 heterocycles. The van der Waals surface area contributed by atoms with E-state index in [4.69, 9.17) is 9.47 Å². The molecule has 0 spiro atoms. The molecule has 5 heteroatoms. The number of amides is 1. The molecule has 0 unspecified atom stereocenters. The maximum absolute atomic E-state index is 11.9. The second kappa shape index (κ2) is 7.48. The molecule has 1 rings (SSSR count). The zero-order chi connectivity index (χ0) is 16.0. The minimum atomic E-state index is -0.715. The summed E-state index contributed by atoms with van der Waals surface area (Å²) in [6.45, 7) is 9.28. The summed E-state index contributed by atoms with van der Waals surface area (Å²) >= 11 is 0. The van der Waals surface area contributed by atoms with E-state index in [-0.39, 0.29) is 6.10 Å². The second-order valence-electron chi connectivity index (χ2n) is 6.63. The smallest absolute Gasteiger partial charge is 0.408 e. The lowest BCUT2D eigenvalue weighted by molar-refractivity contribution is -0.145. The van der Waals surface area contributed by atoms with E-state index in [9.17, 15) is 9.59 Å². The van der Waals surface area contributed by atoms with E-state index in [0.717, 1.165) is 25.7 Å². The highest BCUT2D eigenvalue weighted by molar-refractivity contribution is 5.82. The third kappa shape index (κ3) is 5.78. The number of methoxy groups -OCH3 is 1. The van der Waals surface area contributed by atoms with Gasteiger partial charge in [0.15, 0.2) is 0 Å². The zero-order valence-corrected chi connectivity index (χ0v) is 13.5. The summed E-state index contributed by atoms with van der Waals surface area (Å²) in [6, 6.07) is -0.715. The molecular weight excluding hydrogens is 270 g/mol. The molecule has 1 fully saturated rings. The molecule has 5 nitrogen and oxygen atoms in total. The second-order valence-corrected chi connectivity index (χ2v) is 6.63. The number of carbonyl (C=O) groups is 2. The highest BCUT2D eigenvalue weighted by Gasteiger charge is 2.41. The van der Waals surface area contributed by atoms with Gasteiger partial charge in [-0.25, -0.2) is 9.59 Å². The Morgan fingerprint density at radius 3 is 2.62 bits per heavy atom. The van der Waals surface area contributed by atoms with E-state index in [0.29, 0.717) is 5.92 Å². The van der Waals surface area contributed by atoms with Crippen LogP contribution in [0, 0.1) is 11.3 Å². The summed E-state index contributed by atoms with van der Waals surface area (Å²) in [5.74, 6) is -0.0142. The van der Waals surface area contributed by atoms with Crippen LogP contribution in [0.15, 0.2) is 12.7 Å². The molecule has 0 aliphatic heterocycles. The van der Waals surface area contributed by atoms with Crippen molar-refractivity contribution >= 4 is 12.1 Å². The molecule has 0 bridgehead atoms. The molecule has 1 aliphatic rings. The predicted molar refractivity (Wildman–Crippen MR) is 80.8 cm³/mol. The van der Waals surface area contributed by atoms with E-state index in [1.165, 1.54) is 7.11 Å². The molecule has 120 valence electrons. The Hall–Kier alpha value is -1.52. The average molecular weight is 297 g/mol. The molecule has 3 atom stereocenters. The lowest BCUT2D eigenvalue weighted by atomic mass is 9.87. The Balaban J connectivity index is 2.39. The van der Waals surface area contributed by atoms with E-state index >= 15 is 0 Å². The number of unbranched alkanes of at least 4 members (excludes halogenated alkanes) is 1. The maximum atomic E-state index is 11.9. The molecule has 0 aromatic rings. The fraction of sp³-hybridized carbons (Fsp3) is 0.750. The van der Waals surface area contributed by atoms with Crippen LogP contribution in [0.1, 0.15) is 46.5 Å². The number of allylic oxidation sites excluding steroid dienone is 1. The summed E-state index contributed by atoms with van der Waals surface area (Å²) in [6.07, 6.45) is 5.35. The first-order valence-corrected chi connectivity index (χ1v) is 7.45. The minimum Gasteiger partial charge on any atom is -0.467 e. The molecule has 1 N–H and O–H groups in total. The Kier molecular flexibility index (Phi) is 6.24. The number of ether oxygens (including phenoxy) is 2. The van der Waals surface area contributed by atoms with Gasteiger partial charge in [0.05, 0.1) is 7.11 Å². The van der Waals surface area contributed by atoms with Gasteiger partial charge in [0, 0.05) is 0 Å². The van der Waals surface area contributed by atoms with Crippen molar-refractivity contribution in [3.8, 4) is 0 Å². The molecule has 0 radical (unpaired) electrons. The molecule has 1 amide bonds. The van der Waals surface area contributed by atoms with Crippen LogP contribution in [-0.4, -0.2) is 31.3 Å². The fourth-order valence-corrected chi connectivity index (χ4v) is 2.23. The van der Waals surface area contributed by atoms with Crippen molar-refractivity contribution in [3.63, 3.8) is 0 Å². The van der Waals surface area contributed by atoms with Crippen molar-refractivity contribution in [3.05, 3.63) is 12.7 Å². The number of esters is 1. The minimum absolute atomic E-state index is 0.0203. The highest BCUT2D eigenvalue weighted by atomic mass is 16.6. The molecule has 1 saturated carbocycles. The topological polar surface area (TPSA) is 64.6 Å². The number of rotatable bonds is 7. The zero-order valence-electron chi connectivity index (χ0n) is 13.5. The first kappa shape index (κ1) is 17.5. The first-order valence-electron chi connectivity index (χ1n) is 7.45. The molecular formula is C16H27NO4. The van der Waals surface area contributed by atoms with Crippen molar-refractivity contribution in [2.45, 2.75) is 58.6 Å². The van der Waals surface area contributed by atoms with Gasteiger partial charge in [-0.3, -0.25) is 0 Å². The van der Waals surface area contributed by atoms with E-state index in [1.807, 2.05) is 26.8 Å². The van der Waals surface area contributed by atoms with Gasteiger partial charge in [0.2, 0.25) is 0 Å². The largest absolute Gasteiger partial charge is 0.467 e. The van der Waals surface area contributed by atoms with E-state index < -0.39 is 23.5 Å². The van der Waals surface area contributed by atoms with Gasteiger partial charge in [-0.1, -0.05) is 26.8 Å². The number of alkyl carbamates (subject to hydrolysis) is 1. The molecule has 0 aromatic carbocycles. The van der Waals surface area contributed by atoms with Gasteiger partial charge in [0.1, 0.15) is 12.1 Å². The molecule has 1 aliphatic carbocycles. The molecule has 0 saturated heterocycles. The van der Waals surface area contributed by atoms with Gasteiger partial charge in [0.25, 0.3) is 0 Å². The van der Waals surface area contributed by atoms with Crippen LogP contribution in [0.4, 0.5) is 4.79 Å². The first-order chi connectivity index (χ1) is 9.79. The van der Waals surface area contributed by atoms with Crippen molar-refractivity contribution in [1.29, 1.82) is 0 Å². The average Bonchev–Trinajstić information content (AvgIpc) is 3.12. The van der Waals surface area contributed by atoms with Crippen molar-refractivity contribution in [1.82, 2.24) is 5.32 Å². The quantitative estimate of drug-likeness (QED) is 0.445. The Morgan fingerprint density at radius 2 is 2.10 bits per heavy atom. The molecule has 0 aromatic heterocycles. The maximum Gasteiger partial charge on any atom is 0.408 e. The standard InChI is InChI=1S/C16H27NO4/c1-6-7-8-9-11-10-12(11)21-15(19)17-13(14(18)20-5)16(2,3)4/h6,11-13H,1,7-10H2,2-5H3,(H,17,19)/t11-,12-,13+/m0/s1. The van der Waals surface area contributed by atoms with E-state index in [1.54, 1.807) is 0 Å². The number of nitrogens with one attached hydrogen (secondary N) is 1. The predicted octanol–water partition coefficient (Wildman–Crippen LogP) is 3.05. The van der Waals surface area contributed by atoms with Crippen molar-refractivity contribution in [2.24, 2.45) is 11.3 Å². The summed E-state index contributed by atoms with van der Waals surface area (Å²) in [5, 5.41) is 2.61. The summed E-state index contributed by atoms with van der Waals surface area (Å²) in [4.78, 5) is 23.6. The van der Waals surface area contributed by atoms with Crippen LogP contribution in [0.3, 0.4) is 0 Å². The van der Waals surface area contributed by atoms with Crippen LogP contribution in [-0.2, 0) is 14.3 Å². The summed E-state index contributed by atoms with van der Waals surface area (Å²) in [7, 11) is 1.31. The number of hydrogen-bond donors (Lipinski definition) is 1. The SMILES string of the molecule is C=CCCC[C@H]1C[C@@H]1OC(=O)N[C@H](C(=O)OC)C(C)(C)C. The lowest BCUT2D eigenvalue weighted by Crippen LogP contribution is -2.50. The monoisotopic (exact) mass is 297 g/mol. The fourth-order valence-electron chi connectivity index (χ4n) is 2.23. The van der Waals surface area contributed by atoms with E-state index in [2.05, 4.69) is 11.9 Å². The van der Waals surface area contributed by atoms with Crippen LogP contribution in [0.5, 0.6) is 0 Å². The summed E-state index contributed by atoms with van der Waals surface area (Å²) < 4.78 is 10.1. The van der Waals surface area contributed by atoms with Gasteiger partial charge >= 0.3 is 12.1 Å². The van der Waals surface area contributed by atoms with Gasteiger partial charge in [-0.2, -0.15) is 0 Å². The number of carbonyl (C=O) groups excluding carboxylic acids is 2. The Labute approximate surface area is 127 Å². The van der Waals surface area contributed by atoms with Gasteiger partial charge < -0.3 is 14.8 Å². The summed E-state index contributed by atoms with van der Waals surface area (Å²) in [5.41, 5.74) is -0.432. The third-order valence-corrected chi connectivity index (χ3v) is 3.66. The normalized spacial score (nSPS) is 22.1. The van der Waals surface area contributed by atoms with Crippen LogP contribution in [0.2, 0.25) is 0 Å². The van der Waals surface area contributed by atoms with Crippen LogP contribution in [0.25, 0.3) is 0 Å². The Morgan fingerprint density at radius 1 is 1.43 bits per heavy atom. The highest BCUT2D eigenvalue weighted by Crippen LogP contribution is 2.38.